The number of nitrogens with one attached hydrogen (secondary N) is 1. The van der Waals surface area contributed by atoms with Gasteiger partial charge in [0.05, 0.1) is 27.2 Å². The van der Waals surface area contributed by atoms with Crippen molar-refractivity contribution < 1.29 is 4.92 Å². The highest BCUT2D eigenvalue weighted by Crippen LogP contribution is 2.32. The third-order valence-corrected chi connectivity index (χ3v) is 7.19. The summed E-state index contributed by atoms with van der Waals surface area (Å²) in [5.74, 6) is 0. The largest absolute Gasteiger partial charge is 0.329 e. The van der Waals surface area contributed by atoms with E-state index < -0.39 is 4.92 Å². The minimum absolute atomic E-state index is 0.0696. The smallest absolute Gasteiger partial charge is 0.295 e. The van der Waals surface area contributed by atoms with Crippen molar-refractivity contribution >= 4 is 44.6 Å². The summed E-state index contributed by atoms with van der Waals surface area (Å²) in [7, 11) is 0. The number of hydrogen-bond acceptors (Lipinski definition) is 5. The number of nitrogens with zero attached hydrogens (tertiary/aromatic N) is 5. The Kier molecular flexibility index (Phi) is 6.37. The average molecular weight is 541 g/mol. The van der Waals surface area contributed by atoms with E-state index in [4.69, 9.17) is 0 Å². The molecule has 0 bridgehead atoms. The minimum Gasteiger partial charge on any atom is -0.295 e. The van der Waals surface area contributed by atoms with E-state index >= 15 is 0 Å². The second-order valence-electron chi connectivity index (χ2n) is 8.22. The average Bonchev–Trinajstić information content (AvgIpc) is 3.25. The number of hydrogen-bond donors (Lipinski definition) is 1. The molecule has 2 heterocycles. The van der Waals surface area contributed by atoms with Gasteiger partial charge in [0.25, 0.3) is 11.2 Å². The maximum absolute atomic E-state index is 13.2. The van der Waals surface area contributed by atoms with Crippen molar-refractivity contribution in [1.29, 1.82) is 0 Å². The van der Waals surface area contributed by atoms with Crippen LogP contribution in [0, 0.1) is 30.9 Å². The quantitative estimate of drug-likeness (QED) is 0.217. The predicted octanol–water partition coefficient (Wildman–Crippen LogP) is 4.67. The highest BCUT2D eigenvalue weighted by Gasteiger charge is 2.21. The molecule has 0 saturated heterocycles. The van der Waals surface area contributed by atoms with Crippen LogP contribution >= 0.6 is 15.9 Å². The number of aryl methyl sites for hydroxylation is 3. The van der Waals surface area contributed by atoms with E-state index in [1.165, 1.54) is 27.6 Å². The molecule has 0 aliphatic rings. The summed E-state index contributed by atoms with van der Waals surface area (Å²) in [6.07, 6.45) is 1.34. The Hall–Kier alpha value is -3.73. The van der Waals surface area contributed by atoms with Crippen LogP contribution in [0.5, 0.6) is 0 Å². The third kappa shape index (κ3) is 3.95. The Balaban J connectivity index is 1.87. The van der Waals surface area contributed by atoms with Crippen LogP contribution in [0.3, 0.4) is 0 Å². The molecule has 0 amide bonds. The molecule has 4 aromatic rings. The standard InChI is InChI=1S/C24H25BrN6O4/c1-6-28-21-10-18(20(31(34)35)11-22(21)29(7-2)24(28)33)26-12-16-15(5)27-30(23(16)32)19-9-8-17(25)13(3)14(19)4/h8-12,27H,6-7H2,1-5H3. The molecule has 182 valence electrons. The van der Waals surface area contributed by atoms with Gasteiger partial charge in [0.2, 0.25) is 0 Å². The molecule has 35 heavy (non-hydrogen) atoms. The van der Waals surface area contributed by atoms with E-state index in [0.29, 0.717) is 41.1 Å². The van der Waals surface area contributed by atoms with Crippen LogP contribution in [0.1, 0.15) is 36.2 Å². The summed E-state index contributed by atoms with van der Waals surface area (Å²) in [6.45, 7) is 10.1. The third-order valence-electron chi connectivity index (χ3n) is 6.33. The highest BCUT2D eigenvalue weighted by atomic mass is 79.9. The van der Waals surface area contributed by atoms with Gasteiger partial charge < -0.3 is 0 Å². The number of benzene rings is 2. The van der Waals surface area contributed by atoms with Crippen molar-refractivity contribution in [2.75, 3.05) is 0 Å². The van der Waals surface area contributed by atoms with Gasteiger partial charge in [-0.05, 0) is 63.9 Å². The van der Waals surface area contributed by atoms with Crippen molar-refractivity contribution in [1.82, 2.24) is 18.9 Å². The van der Waals surface area contributed by atoms with Crippen LogP contribution in [-0.4, -0.2) is 30.1 Å². The Morgan fingerprint density at radius 1 is 1.06 bits per heavy atom. The molecule has 11 heteroatoms. The second-order valence-corrected chi connectivity index (χ2v) is 9.08. The molecule has 0 atom stereocenters. The van der Waals surface area contributed by atoms with Gasteiger partial charge in [-0.1, -0.05) is 15.9 Å². The number of aromatic amines is 1. The first-order chi connectivity index (χ1) is 16.6. The molecule has 0 fully saturated rings. The first-order valence-corrected chi connectivity index (χ1v) is 11.9. The van der Waals surface area contributed by atoms with E-state index in [1.54, 1.807) is 11.5 Å². The van der Waals surface area contributed by atoms with Gasteiger partial charge in [-0.25, -0.2) is 14.5 Å². The number of nitro groups is 1. The second kappa shape index (κ2) is 9.14. The Labute approximate surface area is 208 Å². The maximum Gasteiger partial charge on any atom is 0.329 e. The summed E-state index contributed by atoms with van der Waals surface area (Å²) < 4.78 is 5.44. The zero-order chi connectivity index (χ0) is 25.6. The van der Waals surface area contributed by atoms with Crippen LogP contribution < -0.4 is 11.2 Å². The lowest BCUT2D eigenvalue weighted by Gasteiger charge is -2.10. The number of nitro benzene ring substituents is 1. The zero-order valence-corrected chi connectivity index (χ0v) is 21.6. The Morgan fingerprint density at radius 3 is 2.29 bits per heavy atom. The Bertz CT molecular complexity index is 1640. The number of imidazole rings is 1. The van der Waals surface area contributed by atoms with Crippen LogP contribution in [0.15, 0.2) is 43.3 Å². The fourth-order valence-electron chi connectivity index (χ4n) is 4.23. The van der Waals surface area contributed by atoms with E-state index in [0.717, 1.165) is 15.6 Å². The van der Waals surface area contributed by atoms with E-state index in [-0.39, 0.29) is 22.6 Å². The molecule has 0 saturated carbocycles. The molecule has 0 unspecified atom stereocenters. The van der Waals surface area contributed by atoms with Crippen molar-refractivity contribution in [3.8, 4) is 5.69 Å². The molecule has 0 aliphatic heterocycles. The van der Waals surface area contributed by atoms with Gasteiger partial charge in [0.1, 0.15) is 5.69 Å². The van der Waals surface area contributed by atoms with Crippen LogP contribution in [-0.2, 0) is 13.1 Å². The molecular weight excluding hydrogens is 516 g/mol. The molecule has 4 rings (SSSR count). The number of halogens is 1. The summed E-state index contributed by atoms with van der Waals surface area (Å²) in [5, 5.41) is 14.9. The number of rotatable bonds is 6. The molecular formula is C24H25BrN6O4. The van der Waals surface area contributed by atoms with Gasteiger partial charge in [0.15, 0.2) is 0 Å². The van der Waals surface area contributed by atoms with Crippen molar-refractivity contribution in [3.05, 3.63) is 82.1 Å². The minimum atomic E-state index is -0.532. The maximum atomic E-state index is 13.2. The van der Waals surface area contributed by atoms with Crippen molar-refractivity contribution in [3.63, 3.8) is 0 Å². The summed E-state index contributed by atoms with van der Waals surface area (Å²) in [4.78, 5) is 41.5. The number of aromatic nitrogens is 4. The van der Waals surface area contributed by atoms with Gasteiger partial charge in [-0.15, -0.1) is 0 Å². The molecule has 0 aliphatic carbocycles. The molecule has 10 nitrogen and oxygen atoms in total. The van der Waals surface area contributed by atoms with Gasteiger partial charge in [0, 0.05) is 35.5 Å². The van der Waals surface area contributed by atoms with Gasteiger partial charge in [-0.3, -0.25) is 29.1 Å². The van der Waals surface area contributed by atoms with E-state index in [2.05, 4.69) is 26.0 Å². The van der Waals surface area contributed by atoms with Crippen molar-refractivity contribution in [2.24, 2.45) is 4.99 Å². The lowest BCUT2D eigenvalue weighted by molar-refractivity contribution is -0.383. The number of fused-ring (bicyclic) bond motifs is 1. The van der Waals surface area contributed by atoms with E-state index in [1.807, 2.05) is 39.8 Å². The molecule has 2 aromatic carbocycles. The fourth-order valence-corrected chi connectivity index (χ4v) is 4.66. The molecule has 0 radical (unpaired) electrons. The number of aliphatic imine (C=N–C) groups is 1. The molecule has 0 spiro atoms. The highest BCUT2D eigenvalue weighted by molar-refractivity contribution is 9.10. The summed E-state index contributed by atoms with van der Waals surface area (Å²) >= 11 is 3.50. The topological polar surface area (TPSA) is 120 Å². The molecule has 1 N–H and O–H groups in total. The van der Waals surface area contributed by atoms with Crippen LogP contribution in [0.2, 0.25) is 0 Å². The zero-order valence-electron chi connectivity index (χ0n) is 20.0. The first-order valence-electron chi connectivity index (χ1n) is 11.1. The van der Waals surface area contributed by atoms with Crippen molar-refractivity contribution in [2.45, 2.75) is 47.7 Å². The Morgan fingerprint density at radius 2 is 1.69 bits per heavy atom. The molecule has 2 aromatic heterocycles. The van der Waals surface area contributed by atoms with Crippen LogP contribution in [0.4, 0.5) is 11.4 Å². The van der Waals surface area contributed by atoms with E-state index in [9.17, 15) is 19.7 Å². The first kappa shape index (κ1) is 24.4. The van der Waals surface area contributed by atoms with Crippen LogP contribution in [0.25, 0.3) is 16.7 Å². The SMILES string of the molecule is CCn1c(=O)n(CC)c2cc([N+](=O)[O-])c(N=Cc3c(C)[nH]n(-c4ccc(Br)c(C)c4C)c3=O)cc21. The van der Waals surface area contributed by atoms with Gasteiger partial charge in [-0.2, -0.15) is 0 Å². The number of H-pyrrole nitrogens is 1. The lowest BCUT2D eigenvalue weighted by Crippen LogP contribution is -2.23. The summed E-state index contributed by atoms with van der Waals surface area (Å²) in [6, 6.07) is 6.62. The monoisotopic (exact) mass is 540 g/mol. The summed E-state index contributed by atoms with van der Waals surface area (Å²) in [5.41, 5.74) is 3.84. The predicted molar refractivity (Wildman–Crippen MR) is 140 cm³/mol. The lowest BCUT2D eigenvalue weighted by atomic mass is 10.1. The van der Waals surface area contributed by atoms with Gasteiger partial charge >= 0.3 is 5.69 Å². The normalized spacial score (nSPS) is 11.7. The fraction of sp³-hybridized carbons (Fsp3) is 0.292.